The van der Waals surface area contributed by atoms with E-state index < -0.39 is 15.1 Å². The normalized spacial score (nSPS) is 24.0. The van der Waals surface area contributed by atoms with E-state index in [0.717, 1.165) is 11.3 Å². The van der Waals surface area contributed by atoms with Crippen LogP contribution < -0.4 is 10.1 Å². The van der Waals surface area contributed by atoms with Gasteiger partial charge in [-0.15, -0.1) is 0 Å². The Labute approximate surface area is 126 Å². The summed E-state index contributed by atoms with van der Waals surface area (Å²) in [4.78, 5) is 0. The molecule has 1 heterocycles. The van der Waals surface area contributed by atoms with E-state index in [-0.39, 0.29) is 17.9 Å². The summed E-state index contributed by atoms with van der Waals surface area (Å²) < 4.78 is 35.6. The Morgan fingerprint density at radius 1 is 1.38 bits per heavy atom. The van der Waals surface area contributed by atoms with Crippen molar-refractivity contribution >= 4 is 9.84 Å². The molecule has 0 spiro atoms. The summed E-state index contributed by atoms with van der Waals surface area (Å²) in [5.74, 6) is 0.836. The van der Waals surface area contributed by atoms with Crippen LogP contribution >= 0.6 is 0 Å². The van der Waals surface area contributed by atoms with Crippen molar-refractivity contribution in [2.75, 3.05) is 26.5 Å². The van der Waals surface area contributed by atoms with Gasteiger partial charge in [0.25, 0.3) is 0 Å². The quantitative estimate of drug-likeness (QED) is 0.863. The molecule has 1 saturated heterocycles. The minimum Gasteiger partial charge on any atom is -0.497 e. The molecule has 0 amide bonds. The Balaban J connectivity index is 2.14. The number of nitrogens with one attached hydrogen (secondary N) is 1. The molecule has 0 bridgehead atoms. The van der Waals surface area contributed by atoms with Crippen LogP contribution in [-0.4, -0.2) is 46.3 Å². The molecule has 1 aromatic rings. The van der Waals surface area contributed by atoms with E-state index in [1.54, 1.807) is 14.2 Å². The van der Waals surface area contributed by atoms with Gasteiger partial charge in [0.05, 0.1) is 24.2 Å². The van der Waals surface area contributed by atoms with Gasteiger partial charge in [-0.25, -0.2) is 8.42 Å². The minimum atomic E-state index is -3.20. The van der Waals surface area contributed by atoms with Crippen molar-refractivity contribution in [3.63, 3.8) is 0 Å². The van der Waals surface area contributed by atoms with E-state index in [9.17, 15) is 8.42 Å². The molecule has 1 aliphatic rings. The predicted octanol–water partition coefficient (Wildman–Crippen LogP) is 1.55. The molecule has 5 nitrogen and oxygen atoms in total. The molecule has 2 rings (SSSR count). The van der Waals surface area contributed by atoms with Crippen molar-refractivity contribution in [1.82, 2.24) is 5.32 Å². The lowest BCUT2D eigenvalue weighted by Crippen LogP contribution is -2.35. The molecule has 21 heavy (non-hydrogen) atoms. The molecule has 3 unspecified atom stereocenters. The number of hydrogen-bond donors (Lipinski definition) is 1. The van der Waals surface area contributed by atoms with Crippen LogP contribution in [0.15, 0.2) is 24.3 Å². The average molecular weight is 313 g/mol. The molecule has 118 valence electrons. The maximum absolute atomic E-state index is 12.6. The summed E-state index contributed by atoms with van der Waals surface area (Å²) in [5.41, 5.74) is 0.938. The van der Waals surface area contributed by atoms with Gasteiger partial charge in [-0.05, 0) is 38.1 Å². The third-order valence-electron chi connectivity index (χ3n) is 4.03. The lowest BCUT2D eigenvalue weighted by molar-refractivity contribution is 0.126. The van der Waals surface area contributed by atoms with E-state index in [1.165, 1.54) is 0 Å². The van der Waals surface area contributed by atoms with Gasteiger partial charge in [0.15, 0.2) is 9.84 Å². The summed E-state index contributed by atoms with van der Waals surface area (Å²) in [5, 5.41) is 2.69. The highest BCUT2D eigenvalue weighted by Crippen LogP contribution is 2.26. The first-order valence-electron chi connectivity index (χ1n) is 7.12. The molecule has 0 radical (unpaired) electrons. The van der Waals surface area contributed by atoms with Crippen molar-refractivity contribution < 1.29 is 17.9 Å². The zero-order valence-electron chi connectivity index (χ0n) is 12.7. The van der Waals surface area contributed by atoms with Gasteiger partial charge < -0.3 is 14.8 Å². The standard InChI is InChI=1S/C15H23NO4S/c1-11-15(8-9-20-11)21(17,18)10-14(16-2)12-4-6-13(19-3)7-5-12/h4-7,11,14-16H,8-10H2,1-3H3. The van der Waals surface area contributed by atoms with Crippen LogP contribution in [0.25, 0.3) is 0 Å². The highest BCUT2D eigenvalue weighted by atomic mass is 32.2. The van der Waals surface area contributed by atoms with Crippen LogP contribution in [0.3, 0.4) is 0 Å². The molecule has 1 aromatic carbocycles. The topological polar surface area (TPSA) is 64.6 Å². The molecular weight excluding hydrogens is 290 g/mol. The molecule has 0 saturated carbocycles. The van der Waals surface area contributed by atoms with Crippen molar-refractivity contribution in [2.24, 2.45) is 0 Å². The maximum Gasteiger partial charge on any atom is 0.157 e. The maximum atomic E-state index is 12.6. The summed E-state index contributed by atoms with van der Waals surface area (Å²) >= 11 is 0. The van der Waals surface area contributed by atoms with Gasteiger partial charge in [0, 0.05) is 12.6 Å². The second-order valence-electron chi connectivity index (χ2n) is 5.35. The summed E-state index contributed by atoms with van der Waals surface area (Å²) in [7, 11) is 0.181. The van der Waals surface area contributed by atoms with E-state index in [1.807, 2.05) is 31.2 Å². The van der Waals surface area contributed by atoms with Crippen LogP contribution in [0.1, 0.15) is 24.9 Å². The van der Waals surface area contributed by atoms with Gasteiger partial charge in [0.1, 0.15) is 5.75 Å². The number of sulfone groups is 1. The third kappa shape index (κ3) is 3.75. The first-order chi connectivity index (χ1) is 9.97. The summed E-state index contributed by atoms with van der Waals surface area (Å²) in [6, 6.07) is 7.24. The zero-order valence-corrected chi connectivity index (χ0v) is 13.5. The highest BCUT2D eigenvalue weighted by molar-refractivity contribution is 7.92. The van der Waals surface area contributed by atoms with E-state index >= 15 is 0 Å². The highest BCUT2D eigenvalue weighted by Gasteiger charge is 2.37. The molecular formula is C15H23NO4S. The second-order valence-corrected chi connectivity index (χ2v) is 7.61. The fourth-order valence-electron chi connectivity index (χ4n) is 2.72. The number of hydrogen-bond acceptors (Lipinski definition) is 5. The molecule has 1 N–H and O–H groups in total. The van der Waals surface area contributed by atoms with Gasteiger partial charge in [-0.1, -0.05) is 12.1 Å². The number of methoxy groups -OCH3 is 1. The Bertz CT molecular complexity index is 556. The first-order valence-corrected chi connectivity index (χ1v) is 8.84. The van der Waals surface area contributed by atoms with Gasteiger partial charge in [0.2, 0.25) is 0 Å². The largest absolute Gasteiger partial charge is 0.497 e. The number of benzene rings is 1. The lowest BCUT2D eigenvalue weighted by Gasteiger charge is -2.21. The van der Waals surface area contributed by atoms with Crippen LogP contribution in [0.2, 0.25) is 0 Å². The van der Waals surface area contributed by atoms with E-state index in [0.29, 0.717) is 13.0 Å². The van der Waals surface area contributed by atoms with Crippen molar-refractivity contribution in [2.45, 2.75) is 30.7 Å². The minimum absolute atomic E-state index is 0.0776. The molecule has 6 heteroatoms. The van der Waals surface area contributed by atoms with Crippen LogP contribution in [0, 0.1) is 0 Å². The molecule has 1 fully saturated rings. The Hall–Kier alpha value is -1.11. The Morgan fingerprint density at radius 3 is 2.52 bits per heavy atom. The fraction of sp³-hybridized carbons (Fsp3) is 0.600. The Kier molecular flexibility index (Phi) is 5.24. The zero-order chi connectivity index (χ0) is 15.5. The van der Waals surface area contributed by atoms with E-state index in [4.69, 9.17) is 9.47 Å². The summed E-state index contributed by atoms with van der Waals surface area (Å²) in [6.07, 6.45) is 0.367. The van der Waals surface area contributed by atoms with Crippen LogP contribution in [-0.2, 0) is 14.6 Å². The van der Waals surface area contributed by atoms with Gasteiger partial charge >= 0.3 is 0 Å². The predicted molar refractivity (Wildman–Crippen MR) is 82.4 cm³/mol. The Morgan fingerprint density at radius 2 is 2.05 bits per heavy atom. The third-order valence-corrected chi connectivity index (χ3v) is 6.37. The number of ether oxygens (including phenoxy) is 2. The van der Waals surface area contributed by atoms with E-state index in [2.05, 4.69) is 5.32 Å². The molecule has 0 aliphatic carbocycles. The fourth-order valence-corrected chi connectivity index (χ4v) is 4.91. The molecule has 1 aliphatic heterocycles. The van der Waals surface area contributed by atoms with Crippen molar-refractivity contribution in [3.8, 4) is 5.75 Å². The first kappa shape index (κ1) is 16.3. The van der Waals surface area contributed by atoms with Crippen LogP contribution in [0.5, 0.6) is 5.75 Å². The van der Waals surface area contributed by atoms with Gasteiger partial charge in [-0.2, -0.15) is 0 Å². The second kappa shape index (κ2) is 6.77. The molecule has 0 aromatic heterocycles. The smallest absolute Gasteiger partial charge is 0.157 e. The van der Waals surface area contributed by atoms with Crippen molar-refractivity contribution in [3.05, 3.63) is 29.8 Å². The van der Waals surface area contributed by atoms with Crippen molar-refractivity contribution in [1.29, 1.82) is 0 Å². The van der Waals surface area contributed by atoms with Gasteiger partial charge in [-0.3, -0.25) is 0 Å². The average Bonchev–Trinajstić information content (AvgIpc) is 2.92. The number of rotatable bonds is 6. The summed E-state index contributed by atoms with van der Waals surface area (Å²) in [6.45, 7) is 2.36. The van der Waals surface area contributed by atoms with Crippen LogP contribution in [0.4, 0.5) is 0 Å². The lowest BCUT2D eigenvalue weighted by atomic mass is 10.1. The SMILES string of the molecule is CNC(CS(=O)(=O)C1CCOC1C)c1ccc(OC)cc1. The molecule has 3 atom stereocenters. The monoisotopic (exact) mass is 313 g/mol.